The van der Waals surface area contributed by atoms with Gasteiger partial charge in [0.05, 0.1) is 0 Å². The van der Waals surface area contributed by atoms with E-state index in [0.29, 0.717) is 0 Å². The standard InChI is InChI=1S/C12H18.C8H16.H2/c1-7-8(2)10(4)12(6)11(5)9(7)3;1-7-3-5-8(2)6-4-7;/h1-6H3;7-8H,3-6H2,1-2H3;1H. The molecule has 0 radical (unpaired) electrons. The van der Waals surface area contributed by atoms with Crippen molar-refractivity contribution in [2.45, 2.75) is 81.1 Å². The Bertz CT molecular complexity index is 336. The molecule has 0 atom stereocenters. The van der Waals surface area contributed by atoms with E-state index in [9.17, 15) is 0 Å². The van der Waals surface area contributed by atoms with Gasteiger partial charge in [0, 0.05) is 1.43 Å². The number of hydrogen-bond donors (Lipinski definition) is 0. The lowest BCUT2D eigenvalue weighted by molar-refractivity contribution is 0.308. The lowest BCUT2D eigenvalue weighted by Gasteiger charge is -2.22. The maximum Gasteiger partial charge on any atom is 0 e. The molecule has 20 heavy (non-hydrogen) atoms. The van der Waals surface area contributed by atoms with Gasteiger partial charge >= 0.3 is 0 Å². The molecule has 0 saturated heterocycles. The molecule has 0 aliphatic heterocycles. The first-order valence-electron chi connectivity index (χ1n) is 8.29. The van der Waals surface area contributed by atoms with Gasteiger partial charge in [-0.25, -0.2) is 0 Å². The van der Waals surface area contributed by atoms with E-state index in [-0.39, 0.29) is 1.43 Å². The Morgan fingerprint density at radius 2 is 0.650 bits per heavy atom. The average molecular weight is 277 g/mol. The van der Waals surface area contributed by atoms with Gasteiger partial charge in [0.15, 0.2) is 0 Å². The number of benzene rings is 1. The first-order valence-corrected chi connectivity index (χ1v) is 8.29. The minimum absolute atomic E-state index is 0. The van der Waals surface area contributed by atoms with Gasteiger partial charge in [0.25, 0.3) is 0 Å². The van der Waals surface area contributed by atoms with Crippen LogP contribution in [-0.2, 0) is 0 Å². The maximum absolute atomic E-state index is 2.37. The minimum atomic E-state index is 0. The van der Waals surface area contributed by atoms with E-state index in [4.69, 9.17) is 0 Å². The molecule has 0 unspecified atom stereocenters. The molecular weight excluding hydrogens is 240 g/mol. The van der Waals surface area contributed by atoms with Gasteiger partial charge in [-0.2, -0.15) is 0 Å². The van der Waals surface area contributed by atoms with E-state index >= 15 is 0 Å². The summed E-state index contributed by atoms with van der Waals surface area (Å²) in [6.45, 7) is 18.0. The molecule has 0 bridgehead atoms. The predicted molar refractivity (Wildman–Crippen MR) is 93.8 cm³/mol. The van der Waals surface area contributed by atoms with E-state index in [1.807, 2.05) is 0 Å². The molecule has 0 amide bonds. The first kappa shape index (κ1) is 17.3. The van der Waals surface area contributed by atoms with E-state index in [2.05, 4.69) is 55.4 Å². The van der Waals surface area contributed by atoms with Crippen LogP contribution in [0.4, 0.5) is 0 Å². The fourth-order valence-corrected chi connectivity index (χ4v) is 3.11. The van der Waals surface area contributed by atoms with E-state index < -0.39 is 0 Å². The summed E-state index contributed by atoms with van der Waals surface area (Å²) in [6, 6.07) is 0. The zero-order chi connectivity index (χ0) is 15.4. The van der Waals surface area contributed by atoms with Gasteiger partial charge in [0.1, 0.15) is 0 Å². The van der Waals surface area contributed by atoms with Crippen molar-refractivity contribution in [2.24, 2.45) is 11.8 Å². The van der Waals surface area contributed by atoms with Crippen LogP contribution in [0.25, 0.3) is 0 Å². The largest absolute Gasteiger partial charge is 0.0625 e. The van der Waals surface area contributed by atoms with Crippen molar-refractivity contribution < 1.29 is 1.43 Å². The maximum atomic E-state index is 2.37. The van der Waals surface area contributed by atoms with Crippen molar-refractivity contribution >= 4 is 0 Å². The second-order valence-electron chi connectivity index (χ2n) is 7.12. The Hall–Kier alpha value is -0.780. The second kappa shape index (κ2) is 7.29. The SMILES string of the molecule is CC1CCC(C)CC1.Cc1c(C)c(C)c(C)c(C)c1C.[HH]. The Morgan fingerprint density at radius 3 is 0.800 bits per heavy atom. The molecule has 0 aromatic heterocycles. The summed E-state index contributed by atoms with van der Waals surface area (Å²) in [6.07, 6.45) is 5.89. The van der Waals surface area contributed by atoms with Gasteiger partial charge in [-0.15, -0.1) is 0 Å². The van der Waals surface area contributed by atoms with Crippen molar-refractivity contribution in [1.82, 2.24) is 0 Å². The highest BCUT2D eigenvalue weighted by Crippen LogP contribution is 2.27. The summed E-state index contributed by atoms with van der Waals surface area (Å²) >= 11 is 0. The Labute approximate surface area is 128 Å². The highest BCUT2D eigenvalue weighted by atomic mass is 14.2. The Morgan fingerprint density at radius 1 is 0.500 bits per heavy atom. The Balaban J connectivity index is 0.000000390. The third-order valence-electron chi connectivity index (χ3n) is 5.68. The van der Waals surface area contributed by atoms with Crippen LogP contribution in [0.2, 0.25) is 0 Å². The normalized spacial score (nSPS) is 22.2. The van der Waals surface area contributed by atoms with Crippen molar-refractivity contribution in [1.29, 1.82) is 0 Å². The summed E-state index contributed by atoms with van der Waals surface area (Å²) in [5.74, 6) is 2.04. The number of rotatable bonds is 0. The van der Waals surface area contributed by atoms with Gasteiger partial charge in [-0.1, -0.05) is 39.5 Å². The molecule has 0 nitrogen and oxygen atoms in total. The molecule has 0 spiro atoms. The summed E-state index contributed by atoms with van der Waals surface area (Å²) < 4.78 is 0. The molecule has 1 aromatic carbocycles. The minimum Gasteiger partial charge on any atom is -0.0625 e. The highest BCUT2D eigenvalue weighted by molar-refractivity contribution is 5.48. The summed E-state index contributed by atoms with van der Waals surface area (Å²) in [7, 11) is 0. The molecule has 1 aliphatic carbocycles. The third-order valence-corrected chi connectivity index (χ3v) is 5.68. The fraction of sp³-hybridized carbons (Fsp3) is 0.700. The summed E-state index contributed by atoms with van der Waals surface area (Å²) in [4.78, 5) is 0. The lowest BCUT2D eigenvalue weighted by Crippen LogP contribution is -2.08. The van der Waals surface area contributed by atoms with Crippen LogP contribution in [0, 0.1) is 53.4 Å². The lowest BCUT2D eigenvalue weighted by atomic mass is 9.84. The monoisotopic (exact) mass is 276 g/mol. The van der Waals surface area contributed by atoms with Gasteiger partial charge < -0.3 is 0 Å². The van der Waals surface area contributed by atoms with Crippen molar-refractivity contribution in [2.75, 3.05) is 0 Å². The van der Waals surface area contributed by atoms with Crippen LogP contribution < -0.4 is 0 Å². The fourth-order valence-electron chi connectivity index (χ4n) is 3.11. The van der Waals surface area contributed by atoms with Gasteiger partial charge in [-0.05, 0) is 86.8 Å². The zero-order valence-corrected chi connectivity index (χ0v) is 15.0. The molecule has 0 N–H and O–H groups in total. The molecule has 0 heteroatoms. The third kappa shape index (κ3) is 4.11. The van der Waals surface area contributed by atoms with Crippen LogP contribution >= 0.6 is 0 Å². The van der Waals surface area contributed by atoms with Crippen molar-refractivity contribution in [3.05, 3.63) is 33.4 Å². The molecule has 1 fully saturated rings. The van der Waals surface area contributed by atoms with Crippen LogP contribution in [0.5, 0.6) is 0 Å². The van der Waals surface area contributed by atoms with E-state index in [1.54, 1.807) is 0 Å². The predicted octanol–water partition coefficient (Wildman–Crippen LogP) is 6.62. The molecule has 2 rings (SSSR count). The summed E-state index contributed by atoms with van der Waals surface area (Å²) in [5, 5.41) is 0. The average Bonchev–Trinajstić information content (AvgIpc) is 2.45. The van der Waals surface area contributed by atoms with Gasteiger partial charge in [0.2, 0.25) is 0 Å². The Kier molecular flexibility index (Phi) is 6.30. The summed E-state index contributed by atoms with van der Waals surface area (Å²) in [5.41, 5.74) is 8.73. The topological polar surface area (TPSA) is 0 Å². The molecule has 1 aliphatic rings. The van der Waals surface area contributed by atoms with Crippen molar-refractivity contribution in [3.63, 3.8) is 0 Å². The molecule has 1 aromatic rings. The van der Waals surface area contributed by atoms with E-state index in [0.717, 1.165) is 11.8 Å². The second-order valence-corrected chi connectivity index (χ2v) is 7.12. The molecular formula is C20H36. The number of hydrogen-bond acceptors (Lipinski definition) is 0. The van der Waals surface area contributed by atoms with E-state index in [1.165, 1.54) is 59.1 Å². The molecule has 0 heterocycles. The molecule has 116 valence electrons. The first-order chi connectivity index (χ1) is 9.25. The zero-order valence-electron chi connectivity index (χ0n) is 15.0. The van der Waals surface area contributed by atoms with Crippen molar-refractivity contribution in [3.8, 4) is 0 Å². The van der Waals surface area contributed by atoms with Crippen LogP contribution in [0.15, 0.2) is 0 Å². The molecule has 1 saturated carbocycles. The smallest absolute Gasteiger partial charge is 0 e. The van der Waals surface area contributed by atoms with Crippen LogP contribution in [0.3, 0.4) is 0 Å². The van der Waals surface area contributed by atoms with Gasteiger partial charge in [-0.3, -0.25) is 0 Å². The van der Waals surface area contributed by atoms with Crippen LogP contribution in [0.1, 0.15) is 74.3 Å². The highest BCUT2D eigenvalue weighted by Gasteiger charge is 2.13. The van der Waals surface area contributed by atoms with Crippen LogP contribution in [-0.4, -0.2) is 0 Å². The quantitative estimate of drug-likeness (QED) is 0.500.